The number of ether oxygens (including phenoxy) is 1. The Kier molecular flexibility index (Phi) is 5.01. The summed E-state index contributed by atoms with van der Waals surface area (Å²) < 4.78 is 35.3. The van der Waals surface area contributed by atoms with Crippen molar-refractivity contribution in [2.45, 2.75) is 51.7 Å². The first-order chi connectivity index (χ1) is 14.2. The smallest absolute Gasteiger partial charge is 0.303 e. The van der Waals surface area contributed by atoms with E-state index in [1.165, 1.54) is 6.92 Å². The van der Waals surface area contributed by atoms with Crippen molar-refractivity contribution in [3.05, 3.63) is 36.0 Å². The van der Waals surface area contributed by atoms with Gasteiger partial charge in [0, 0.05) is 49.8 Å². The van der Waals surface area contributed by atoms with Crippen LogP contribution in [0.1, 0.15) is 44.2 Å². The summed E-state index contributed by atoms with van der Waals surface area (Å²) in [5, 5.41) is 3.45. The predicted octanol–water partition coefficient (Wildman–Crippen LogP) is 4.22. The molecule has 0 saturated heterocycles. The van der Waals surface area contributed by atoms with Gasteiger partial charge in [-0.05, 0) is 31.9 Å². The summed E-state index contributed by atoms with van der Waals surface area (Å²) in [6.07, 6.45) is 5.52. The standard InChI is InChI=1S/C21H23F2N5O2/c1-11-5-17(27-20(25-11)21(3,22)23)16-10-28(13-6-14(7-13)30-4)18-9-24-19(8-15(16)18)26-12(2)29/h5,8-10,13-14H,6-7H2,1-4H3,(H,24,26,29). The van der Waals surface area contributed by atoms with E-state index < -0.39 is 11.7 Å². The molecular formula is C21H23F2N5O2. The number of rotatable bonds is 5. The molecule has 7 nitrogen and oxygen atoms in total. The van der Waals surface area contributed by atoms with Crippen molar-refractivity contribution in [2.75, 3.05) is 12.4 Å². The monoisotopic (exact) mass is 415 g/mol. The van der Waals surface area contributed by atoms with Gasteiger partial charge in [-0.1, -0.05) is 0 Å². The second kappa shape index (κ2) is 7.39. The molecule has 0 spiro atoms. The summed E-state index contributed by atoms with van der Waals surface area (Å²) in [6, 6.07) is 3.65. The SMILES string of the molecule is COC1CC(n2cc(-c3cc(C)nc(C(C)(F)F)n3)c3cc(NC(C)=O)ncc32)C1. The van der Waals surface area contributed by atoms with Gasteiger partial charge >= 0.3 is 5.92 Å². The van der Waals surface area contributed by atoms with Crippen molar-refractivity contribution in [1.29, 1.82) is 0 Å². The number of pyridine rings is 1. The molecule has 0 unspecified atom stereocenters. The molecule has 0 bridgehead atoms. The fraction of sp³-hybridized carbons (Fsp3) is 0.429. The lowest BCUT2D eigenvalue weighted by molar-refractivity contribution is -0.114. The van der Waals surface area contributed by atoms with E-state index in [0.29, 0.717) is 22.8 Å². The third kappa shape index (κ3) is 3.77. The lowest BCUT2D eigenvalue weighted by Crippen LogP contribution is -2.32. The largest absolute Gasteiger partial charge is 0.381 e. The molecule has 1 saturated carbocycles. The summed E-state index contributed by atoms with van der Waals surface area (Å²) in [6.45, 7) is 3.85. The first kappa shape index (κ1) is 20.3. The van der Waals surface area contributed by atoms with E-state index in [9.17, 15) is 13.6 Å². The van der Waals surface area contributed by atoms with Crippen molar-refractivity contribution < 1.29 is 18.3 Å². The van der Waals surface area contributed by atoms with Crippen LogP contribution < -0.4 is 5.32 Å². The van der Waals surface area contributed by atoms with E-state index in [1.54, 1.807) is 32.4 Å². The number of aryl methyl sites for hydroxylation is 1. The first-order valence-electron chi connectivity index (χ1n) is 9.71. The third-order valence-electron chi connectivity index (χ3n) is 5.34. The summed E-state index contributed by atoms with van der Waals surface area (Å²) in [4.78, 5) is 23.9. The van der Waals surface area contributed by atoms with Crippen molar-refractivity contribution in [3.8, 4) is 11.3 Å². The van der Waals surface area contributed by atoms with Crippen LogP contribution in [0.5, 0.6) is 0 Å². The highest BCUT2D eigenvalue weighted by Crippen LogP contribution is 2.40. The lowest BCUT2D eigenvalue weighted by atomic mass is 9.89. The van der Waals surface area contributed by atoms with Crippen LogP contribution in [0.2, 0.25) is 0 Å². The van der Waals surface area contributed by atoms with E-state index in [4.69, 9.17) is 4.74 Å². The average Bonchev–Trinajstić information content (AvgIpc) is 2.98. The molecule has 1 aliphatic rings. The van der Waals surface area contributed by atoms with Gasteiger partial charge in [-0.25, -0.2) is 15.0 Å². The van der Waals surface area contributed by atoms with Gasteiger partial charge < -0.3 is 14.6 Å². The maximum atomic E-state index is 13.9. The number of hydrogen-bond donors (Lipinski definition) is 1. The van der Waals surface area contributed by atoms with Gasteiger partial charge in [0.25, 0.3) is 0 Å². The highest BCUT2D eigenvalue weighted by atomic mass is 19.3. The van der Waals surface area contributed by atoms with Crippen molar-refractivity contribution in [1.82, 2.24) is 19.5 Å². The van der Waals surface area contributed by atoms with E-state index in [-0.39, 0.29) is 18.1 Å². The molecule has 30 heavy (non-hydrogen) atoms. The van der Waals surface area contributed by atoms with Crippen LogP contribution in [0.3, 0.4) is 0 Å². The van der Waals surface area contributed by atoms with Crippen LogP contribution in [0.15, 0.2) is 24.5 Å². The van der Waals surface area contributed by atoms with Crippen molar-refractivity contribution in [2.24, 2.45) is 0 Å². The fourth-order valence-electron chi connectivity index (χ4n) is 3.76. The Balaban J connectivity index is 1.88. The topological polar surface area (TPSA) is 81.9 Å². The number of carbonyl (C=O) groups excluding carboxylic acids is 1. The second-order valence-corrected chi connectivity index (χ2v) is 7.81. The number of amides is 1. The number of nitrogens with one attached hydrogen (secondary N) is 1. The zero-order chi connectivity index (χ0) is 21.6. The highest BCUT2D eigenvalue weighted by Gasteiger charge is 2.33. The van der Waals surface area contributed by atoms with E-state index >= 15 is 0 Å². The minimum atomic E-state index is -3.15. The molecule has 0 atom stereocenters. The van der Waals surface area contributed by atoms with Crippen LogP contribution in [0, 0.1) is 6.92 Å². The molecule has 0 radical (unpaired) electrons. The molecule has 0 aromatic carbocycles. The molecule has 9 heteroatoms. The van der Waals surface area contributed by atoms with Crippen LogP contribution in [-0.4, -0.2) is 38.6 Å². The van der Waals surface area contributed by atoms with Gasteiger partial charge in [0.15, 0.2) is 5.82 Å². The number of anilines is 1. The third-order valence-corrected chi connectivity index (χ3v) is 5.34. The van der Waals surface area contributed by atoms with Crippen molar-refractivity contribution >= 4 is 22.6 Å². The minimum absolute atomic E-state index is 0.203. The molecule has 0 aliphatic heterocycles. The van der Waals surface area contributed by atoms with Crippen LogP contribution in [0.4, 0.5) is 14.6 Å². The number of methoxy groups -OCH3 is 1. The Morgan fingerprint density at radius 2 is 2.03 bits per heavy atom. The number of halogens is 2. The van der Waals surface area contributed by atoms with Gasteiger partial charge in [-0.15, -0.1) is 0 Å². The Bertz CT molecular complexity index is 1120. The number of hydrogen-bond acceptors (Lipinski definition) is 5. The zero-order valence-electron chi connectivity index (χ0n) is 17.2. The van der Waals surface area contributed by atoms with Gasteiger partial charge in [0.1, 0.15) is 5.82 Å². The summed E-state index contributed by atoms with van der Waals surface area (Å²) in [7, 11) is 1.69. The molecule has 158 valence electrons. The molecule has 1 aliphatic carbocycles. The molecule has 3 aromatic rings. The van der Waals surface area contributed by atoms with E-state index in [2.05, 4.69) is 24.8 Å². The highest BCUT2D eigenvalue weighted by molar-refractivity contribution is 5.98. The Morgan fingerprint density at radius 1 is 1.30 bits per heavy atom. The van der Waals surface area contributed by atoms with Crippen molar-refractivity contribution in [3.63, 3.8) is 0 Å². The van der Waals surface area contributed by atoms with Crippen LogP contribution >= 0.6 is 0 Å². The maximum Gasteiger partial charge on any atom is 0.303 e. The number of carbonyl (C=O) groups is 1. The van der Waals surface area contributed by atoms with Gasteiger partial charge in [0.05, 0.1) is 23.5 Å². The number of nitrogens with zero attached hydrogens (tertiary/aromatic N) is 4. The Hall–Kier alpha value is -2.94. The van der Waals surface area contributed by atoms with Gasteiger partial charge in [-0.2, -0.15) is 8.78 Å². The second-order valence-electron chi connectivity index (χ2n) is 7.81. The van der Waals surface area contributed by atoms with E-state index in [1.807, 2.05) is 6.20 Å². The molecule has 4 rings (SSSR count). The quantitative estimate of drug-likeness (QED) is 0.675. The average molecular weight is 415 g/mol. The lowest BCUT2D eigenvalue weighted by Gasteiger charge is -2.35. The molecular weight excluding hydrogens is 392 g/mol. The predicted molar refractivity (Wildman–Crippen MR) is 108 cm³/mol. The van der Waals surface area contributed by atoms with Gasteiger partial charge in [-0.3, -0.25) is 4.79 Å². The first-order valence-corrected chi connectivity index (χ1v) is 9.71. The zero-order valence-corrected chi connectivity index (χ0v) is 17.2. The number of fused-ring (bicyclic) bond motifs is 1. The normalized spacial score (nSPS) is 19.0. The summed E-state index contributed by atoms with van der Waals surface area (Å²) >= 11 is 0. The summed E-state index contributed by atoms with van der Waals surface area (Å²) in [5.41, 5.74) is 2.40. The van der Waals surface area contributed by atoms with Gasteiger partial charge in [0.2, 0.25) is 5.91 Å². The van der Waals surface area contributed by atoms with Crippen LogP contribution in [-0.2, 0) is 15.5 Å². The number of alkyl halides is 2. The molecule has 3 heterocycles. The maximum absolute atomic E-state index is 13.9. The molecule has 1 N–H and O–H groups in total. The molecule has 1 amide bonds. The van der Waals surface area contributed by atoms with Crippen LogP contribution in [0.25, 0.3) is 22.2 Å². The Morgan fingerprint density at radius 3 is 2.67 bits per heavy atom. The molecule has 3 aromatic heterocycles. The Labute approximate surface area is 172 Å². The molecule has 1 fully saturated rings. The fourth-order valence-corrected chi connectivity index (χ4v) is 3.76. The summed E-state index contributed by atoms with van der Waals surface area (Å²) in [5.74, 6) is -3.51. The number of aromatic nitrogens is 4. The minimum Gasteiger partial charge on any atom is -0.381 e. The van der Waals surface area contributed by atoms with E-state index in [0.717, 1.165) is 30.7 Å².